The first-order valence-corrected chi connectivity index (χ1v) is 7.38. The Hall–Kier alpha value is -1.02. The van der Waals surface area contributed by atoms with Gasteiger partial charge in [-0.3, -0.25) is 20.1 Å². The Balaban J connectivity index is 4.20. The minimum Gasteiger partial charge on any atom is -0.481 e. The molecule has 0 aromatic carbocycles. The third kappa shape index (κ3) is 7.31. The lowest BCUT2D eigenvalue weighted by atomic mass is 9.83. The SMILES string of the molecule is CC(C)(CCCC(=O)CCC(OO)C(C)(C)C(=O)O)COO. The van der Waals surface area contributed by atoms with Crippen molar-refractivity contribution in [2.45, 2.75) is 65.9 Å². The fourth-order valence-corrected chi connectivity index (χ4v) is 2.11. The number of ketones is 1. The Bertz CT molecular complexity index is 363. The van der Waals surface area contributed by atoms with Gasteiger partial charge in [-0.05, 0) is 38.5 Å². The fraction of sp³-hybridized carbons (Fsp3) is 0.867. The zero-order valence-electron chi connectivity index (χ0n) is 13.8. The van der Waals surface area contributed by atoms with E-state index in [-0.39, 0.29) is 30.6 Å². The van der Waals surface area contributed by atoms with Crippen molar-refractivity contribution >= 4 is 11.8 Å². The molecule has 130 valence electrons. The molecule has 0 heterocycles. The van der Waals surface area contributed by atoms with E-state index in [1.54, 1.807) is 0 Å². The van der Waals surface area contributed by atoms with E-state index in [9.17, 15) is 9.59 Å². The Labute approximate surface area is 131 Å². The van der Waals surface area contributed by atoms with Crippen molar-refractivity contribution in [3.05, 3.63) is 0 Å². The van der Waals surface area contributed by atoms with Gasteiger partial charge in [0, 0.05) is 12.8 Å². The largest absolute Gasteiger partial charge is 0.481 e. The van der Waals surface area contributed by atoms with Gasteiger partial charge < -0.3 is 5.11 Å². The van der Waals surface area contributed by atoms with Gasteiger partial charge in [0.2, 0.25) is 0 Å². The van der Waals surface area contributed by atoms with Gasteiger partial charge in [-0.15, -0.1) is 0 Å². The molecular weight excluding hydrogens is 292 g/mol. The van der Waals surface area contributed by atoms with Gasteiger partial charge in [0.25, 0.3) is 0 Å². The standard InChI is InChI=1S/C15H28O7/c1-14(2,10-21-19)9-5-6-11(16)7-8-12(22-20)15(3,4)13(17)18/h12,19-20H,5-10H2,1-4H3,(H,17,18). The summed E-state index contributed by atoms with van der Waals surface area (Å²) in [5.41, 5.74) is -1.48. The van der Waals surface area contributed by atoms with Gasteiger partial charge in [-0.25, -0.2) is 9.78 Å². The van der Waals surface area contributed by atoms with E-state index in [1.807, 2.05) is 13.8 Å². The van der Waals surface area contributed by atoms with Crippen LogP contribution in [0.5, 0.6) is 0 Å². The number of carboxylic acids is 1. The molecule has 7 nitrogen and oxygen atoms in total. The summed E-state index contributed by atoms with van der Waals surface area (Å²) in [5.74, 6) is -1.10. The zero-order chi connectivity index (χ0) is 17.4. The first kappa shape index (κ1) is 21.0. The first-order valence-electron chi connectivity index (χ1n) is 7.38. The molecule has 0 aliphatic carbocycles. The number of carboxylic acid groups (broad SMARTS) is 1. The van der Waals surface area contributed by atoms with Crippen LogP contribution >= 0.6 is 0 Å². The van der Waals surface area contributed by atoms with Crippen molar-refractivity contribution in [3.8, 4) is 0 Å². The Morgan fingerprint density at radius 3 is 2.14 bits per heavy atom. The molecule has 0 amide bonds. The van der Waals surface area contributed by atoms with Crippen molar-refractivity contribution in [1.29, 1.82) is 0 Å². The van der Waals surface area contributed by atoms with Gasteiger partial charge >= 0.3 is 5.97 Å². The van der Waals surface area contributed by atoms with Crippen molar-refractivity contribution in [1.82, 2.24) is 0 Å². The summed E-state index contributed by atoms with van der Waals surface area (Å²) in [5, 5.41) is 26.4. The summed E-state index contributed by atoms with van der Waals surface area (Å²) >= 11 is 0. The molecule has 0 saturated carbocycles. The number of aliphatic carboxylic acids is 1. The second kappa shape index (κ2) is 9.19. The molecule has 0 fully saturated rings. The third-order valence-corrected chi connectivity index (χ3v) is 3.93. The highest BCUT2D eigenvalue weighted by Gasteiger charge is 2.38. The maximum atomic E-state index is 11.8. The van der Waals surface area contributed by atoms with Gasteiger partial charge in [-0.2, -0.15) is 0 Å². The molecule has 0 aromatic rings. The second-order valence-electron chi connectivity index (χ2n) is 6.99. The van der Waals surface area contributed by atoms with Crippen LogP contribution in [-0.4, -0.2) is 40.1 Å². The minimum atomic E-state index is -1.27. The van der Waals surface area contributed by atoms with E-state index >= 15 is 0 Å². The molecule has 0 spiro atoms. The number of carbonyl (C=O) groups excluding carboxylic acids is 1. The van der Waals surface area contributed by atoms with Crippen LogP contribution in [-0.2, 0) is 19.4 Å². The predicted octanol–water partition coefficient (Wildman–Crippen LogP) is 2.99. The topological polar surface area (TPSA) is 113 Å². The van der Waals surface area contributed by atoms with Crippen molar-refractivity contribution in [3.63, 3.8) is 0 Å². The third-order valence-electron chi connectivity index (χ3n) is 3.93. The van der Waals surface area contributed by atoms with Crippen LogP contribution in [0.1, 0.15) is 59.8 Å². The smallest absolute Gasteiger partial charge is 0.311 e. The average molecular weight is 320 g/mol. The molecule has 3 N–H and O–H groups in total. The summed E-state index contributed by atoms with van der Waals surface area (Å²) in [6, 6.07) is 0. The van der Waals surface area contributed by atoms with Crippen LogP contribution in [0.3, 0.4) is 0 Å². The molecule has 0 saturated heterocycles. The average Bonchev–Trinajstić information content (AvgIpc) is 2.38. The molecular formula is C15H28O7. The lowest BCUT2D eigenvalue weighted by Gasteiger charge is -2.27. The van der Waals surface area contributed by atoms with Gasteiger partial charge in [0.15, 0.2) is 0 Å². The number of carbonyl (C=O) groups is 2. The molecule has 7 heteroatoms. The Morgan fingerprint density at radius 1 is 1.09 bits per heavy atom. The number of Topliss-reactive ketones (excluding diaryl/α,β-unsaturated/α-hetero) is 1. The quantitative estimate of drug-likeness (QED) is 0.374. The highest BCUT2D eigenvalue weighted by Crippen LogP contribution is 2.27. The van der Waals surface area contributed by atoms with E-state index in [2.05, 4.69) is 9.78 Å². The highest BCUT2D eigenvalue weighted by molar-refractivity contribution is 5.78. The molecule has 0 rings (SSSR count). The summed E-state index contributed by atoms with van der Waals surface area (Å²) in [4.78, 5) is 31.3. The van der Waals surface area contributed by atoms with E-state index in [0.717, 1.165) is 6.42 Å². The summed E-state index contributed by atoms with van der Waals surface area (Å²) in [6.45, 7) is 6.95. The minimum absolute atomic E-state index is 0.0102. The predicted molar refractivity (Wildman–Crippen MR) is 79.4 cm³/mol. The lowest BCUT2D eigenvalue weighted by Crippen LogP contribution is -2.38. The van der Waals surface area contributed by atoms with Crippen LogP contribution in [0.15, 0.2) is 0 Å². The van der Waals surface area contributed by atoms with Crippen LogP contribution in [0, 0.1) is 10.8 Å². The van der Waals surface area contributed by atoms with Gasteiger partial charge in [0.1, 0.15) is 11.9 Å². The van der Waals surface area contributed by atoms with Gasteiger partial charge in [0.05, 0.1) is 12.0 Å². The molecule has 0 aliphatic rings. The van der Waals surface area contributed by atoms with E-state index in [1.165, 1.54) is 13.8 Å². The summed E-state index contributed by atoms with van der Waals surface area (Å²) in [6.07, 6.45) is 1.10. The van der Waals surface area contributed by atoms with Crippen LogP contribution < -0.4 is 0 Å². The molecule has 22 heavy (non-hydrogen) atoms. The number of rotatable bonds is 12. The Morgan fingerprint density at radius 2 is 1.68 bits per heavy atom. The second-order valence-corrected chi connectivity index (χ2v) is 6.99. The monoisotopic (exact) mass is 320 g/mol. The maximum Gasteiger partial charge on any atom is 0.311 e. The number of hydrogen-bond donors (Lipinski definition) is 3. The molecule has 0 radical (unpaired) electrons. The highest BCUT2D eigenvalue weighted by atomic mass is 17.1. The fourth-order valence-electron chi connectivity index (χ4n) is 2.11. The summed E-state index contributed by atoms with van der Waals surface area (Å²) < 4.78 is 0. The zero-order valence-corrected chi connectivity index (χ0v) is 13.8. The van der Waals surface area contributed by atoms with Crippen LogP contribution in [0.4, 0.5) is 0 Å². The maximum absolute atomic E-state index is 11.8. The first-order chi connectivity index (χ1) is 10.1. The lowest BCUT2D eigenvalue weighted by molar-refractivity contribution is -0.300. The van der Waals surface area contributed by atoms with Gasteiger partial charge in [-0.1, -0.05) is 13.8 Å². The Kier molecular flexibility index (Phi) is 8.77. The van der Waals surface area contributed by atoms with E-state index in [0.29, 0.717) is 12.8 Å². The molecule has 0 aromatic heterocycles. The van der Waals surface area contributed by atoms with E-state index in [4.69, 9.17) is 15.6 Å². The van der Waals surface area contributed by atoms with Crippen molar-refractivity contribution < 1.29 is 35.0 Å². The van der Waals surface area contributed by atoms with E-state index < -0.39 is 17.5 Å². The molecule has 0 aliphatic heterocycles. The normalized spacial score (nSPS) is 13.9. The number of hydrogen-bond acceptors (Lipinski definition) is 6. The van der Waals surface area contributed by atoms with Crippen LogP contribution in [0.25, 0.3) is 0 Å². The summed E-state index contributed by atoms with van der Waals surface area (Å²) in [7, 11) is 0. The molecule has 1 atom stereocenters. The van der Waals surface area contributed by atoms with Crippen LogP contribution in [0.2, 0.25) is 0 Å². The van der Waals surface area contributed by atoms with Crippen molar-refractivity contribution in [2.24, 2.45) is 10.8 Å². The van der Waals surface area contributed by atoms with Crippen molar-refractivity contribution in [2.75, 3.05) is 6.61 Å². The molecule has 1 unspecified atom stereocenters. The molecule has 0 bridgehead atoms.